The molecule has 0 unspecified atom stereocenters. The molecule has 0 bridgehead atoms. The van der Waals surface area contributed by atoms with E-state index in [-0.39, 0.29) is 36.8 Å². The minimum atomic E-state index is -0.676. The van der Waals surface area contributed by atoms with Crippen molar-refractivity contribution >= 4 is 11.9 Å². The van der Waals surface area contributed by atoms with Crippen LogP contribution in [-0.2, 0) is 11.3 Å². The summed E-state index contributed by atoms with van der Waals surface area (Å²) in [6.45, 7) is 1.47. The number of aliphatic hydroxyl groups excluding tert-OH is 1. The molecule has 1 N–H and O–H groups in total. The molecular formula is C18H17N5O5. The summed E-state index contributed by atoms with van der Waals surface area (Å²) >= 11 is 0. The van der Waals surface area contributed by atoms with Gasteiger partial charge in [-0.2, -0.15) is 4.98 Å². The van der Waals surface area contributed by atoms with Crippen LogP contribution in [0.15, 0.2) is 29.0 Å². The standard InChI is InChI=1S/C18H17N5O5/c1-10-20-16(21-28-10)15-13-8-22(2)17(25)14-11(18(26)27-7-6-24)4-3-5-12(14)23(13)9-19-15/h3-5,9,24H,6-8H2,1-2H3. The van der Waals surface area contributed by atoms with E-state index >= 15 is 0 Å². The number of aromatic nitrogens is 4. The third-order valence-corrected chi connectivity index (χ3v) is 4.40. The molecule has 4 rings (SSSR count). The Bertz CT molecular complexity index is 1070. The zero-order valence-electron chi connectivity index (χ0n) is 15.2. The minimum Gasteiger partial charge on any atom is -0.460 e. The lowest BCUT2D eigenvalue weighted by molar-refractivity contribution is 0.0429. The number of imidazole rings is 1. The number of fused-ring (bicyclic) bond motifs is 3. The molecule has 0 saturated carbocycles. The lowest BCUT2D eigenvalue weighted by atomic mass is 10.0. The maximum atomic E-state index is 13.0. The SMILES string of the molecule is Cc1nc(-c2ncn3c2CN(C)C(=O)c2c(C(=O)OCCO)cccc2-3)no1. The zero-order valence-corrected chi connectivity index (χ0v) is 15.2. The number of hydrogen-bond donors (Lipinski definition) is 1. The van der Waals surface area contributed by atoms with E-state index < -0.39 is 5.97 Å². The fourth-order valence-electron chi connectivity index (χ4n) is 3.15. The van der Waals surface area contributed by atoms with E-state index in [1.807, 2.05) is 0 Å². The fraction of sp³-hybridized carbons (Fsp3) is 0.278. The van der Waals surface area contributed by atoms with Gasteiger partial charge < -0.3 is 19.3 Å². The van der Waals surface area contributed by atoms with Gasteiger partial charge in [0.2, 0.25) is 11.7 Å². The van der Waals surface area contributed by atoms with Gasteiger partial charge in [0.25, 0.3) is 5.91 Å². The predicted molar refractivity (Wildman–Crippen MR) is 94.8 cm³/mol. The molecule has 1 aliphatic rings. The number of aliphatic hydroxyl groups is 1. The van der Waals surface area contributed by atoms with Crippen molar-refractivity contribution in [2.24, 2.45) is 0 Å². The van der Waals surface area contributed by atoms with Gasteiger partial charge in [-0.15, -0.1) is 0 Å². The van der Waals surface area contributed by atoms with Crippen LogP contribution >= 0.6 is 0 Å². The molecule has 2 aromatic heterocycles. The number of carbonyl (C=O) groups is 2. The number of rotatable bonds is 4. The van der Waals surface area contributed by atoms with Crippen LogP contribution < -0.4 is 0 Å². The molecule has 1 amide bonds. The fourth-order valence-corrected chi connectivity index (χ4v) is 3.15. The van der Waals surface area contributed by atoms with Gasteiger partial charge in [0.05, 0.1) is 35.7 Å². The Hall–Kier alpha value is -3.53. The Balaban J connectivity index is 1.89. The van der Waals surface area contributed by atoms with Gasteiger partial charge in [0.1, 0.15) is 18.6 Å². The molecule has 144 valence electrons. The Labute approximate surface area is 159 Å². The average molecular weight is 383 g/mol. The summed E-state index contributed by atoms with van der Waals surface area (Å²) in [5.74, 6) is -0.270. The number of carbonyl (C=O) groups excluding carboxylic acids is 2. The van der Waals surface area contributed by atoms with Crippen LogP contribution in [-0.4, -0.2) is 61.8 Å². The van der Waals surface area contributed by atoms with E-state index in [1.165, 1.54) is 11.0 Å². The quantitative estimate of drug-likeness (QED) is 0.661. The summed E-state index contributed by atoms with van der Waals surface area (Å²) in [4.78, 5) is 35.6. The molecule has 0 saturated heterocycles. The second kappa shape index (κ2) is 6.89. The van der Waals surface area contributed by atoms with Gasteiger partial charge in [0, 0.05) is 14.0 Å². The summed E-state index contributed by atoms with van der Waals surface area (Å²) in [5, 5.41) is 12.8. The van der Waals surface area contributed by atoms with Crippen molar-refractivity contribution in [2.75, 3.05) is 20.3 Å². The number of esters is 1. The number of aryl methyl sites for hydroxylation is 1. The molecule has 3 heterocycles. The predicted octanol–water partition coefficient (Wildman–Crippen LogP) is 0.965. The molecule has 0 aliphatic carbocycles. The van der Waals surface area contributed by atoms with Crippen molar-refractivity contribution in [3.8, 4) is 17.2 Å². The summed E-state index contributed by atoms with van der Waals surface area (Å²) in [7, 11) is 1.63. The van der Waals surface area contributed by atoms with Crippen LogP contribution in [0.4, 0.5) is 0 Å². The van der Waals surface area contributed by atoms with Gasteiger partial charge >= 0.3 is 5.97 Å². The highest BCUT2D eigenvalue weighted by Crippen LogP contribution is 2.31. The van der Waals surface area contributed by atoms with E-state index in [0.717, 1.165) is 0 Å². The molecule has 0 fully saturated rings. The summed E-state index contributed by atoms with van der Waals surface area (Å²) in [5.41, 5.74) is 2.02. The number of benzene rings is 1. The molecule has 28 heavy (non-hydrogen) atoms. The Morgan fingerprint density at radius 3 is 2.93 bits per heavy atom. The molecule has 3 aromatic rings. The van der Waals surface area contributed by atoms with E-state index in [0.29, 0.717) is 28.8 Å². The molecule has 10 nitrogen and oxygen atoms in total. The first-order valence-corrected chi connectivity index (χ1v) is 8.55. The summed E-state index contributed by atoms with van der Waals surface area (Å²) in [6, 6.07) is 4.91. The first-order valence-electron chi connectivity index (χ1n) is 8.55. The topological polar surface area (TPSA) is 124 Å². The van der Waals surface area contributed by atoms with Crippen LogP contribution in [0.1, 0.15) is 32.3 Å². The van der Waals surface area contributed by atoms with Crippen molar-refractivity contribution in [3.63, 3.8) is 0 Å². The third-order valence-electron chi connectivity index (χ3n) is 4.40. The smallest absolute Gasteiger partial charge is 0.339 e. The van der Waals surface area contributed by atoms with Gasteiger partial charge in [-0.1, -0.05) is 11.2 Å². The molecular weight excluding hydrogens is 366 g/mol. The molecule has 1 aromatic carbocycles. The zero-order chi connectivity index (χ0) is 19.8. The summed E-state index contributed by atoms with van der Waals surface area (Å²) < 4.78 is 11.8. The molecule has 0 atom stereocenters. The van der Waals surface area contributed by atoms with Crippen LogP contribution in [0.5, 0.6) is 0 Å². The van der Waals surface area contributed by atoms with Crippen molar-refractivity contribution in [2.45, 2.75) is 13.5 Å². The van der Waals surface area contributed by atoms with E-state index in [2.05, 4.69) is 15.1 Å². The highest BCUT2D eigenvalue weighted by Gasteiger charge is 2.31. The largest absolute Gasteiger partial charge is 0.460 e. The van der Waals surface area contributed by atoms with Gasteiger partial charge in [0.15, 0.2) is 0 Å². The van der Waals surface area contributed by atoms with Crippen LogP contribution in [0.3, 0.4) is 0 Å². The Morgan fingerprint density at radius 2 is 2.21 bits per heavy atom. The first kappa shape index (κ1) is 17.9. The highest BCUT2D eigenvalue weighted by molar-refractivity contribution is 6.08. The van der Waals surface area contributed by atoms with Crippen molar-refractivity contribution in [3.05, 3.63) is 47.2 Å². The van der Waals surface area contributed by atoms with Crippen LogP contribution in [0.25, 0.3) is 17.2 Å². The van der Waals surface area contributed by atoms with Gasteiger partial charge in [-0.25, -0.2) is 9.78 Å². The normalized spacial score (nSPS) is 13.1. The minimum absolute atomic E-state index is 0.126. The maximum absolute atomic E-state index is 13.0. The lowest BCUT2D eigenvalue weighted by Crippen LogP contribution is -2.27. The second-order valence-electron chi connectivity index (χ2n) is 6.27. The van der Waals surface area contributed by atoms with Gasteiger partial charge in [-0.05, 0) is 12.1 Å². The van der Waals surface area contributed by atoms with E-state index in [4.69, 9.17) is 14.4 Å². The molecule has 0 radical (unpaired) electrons. The lowest BCUT2D eigenvalue weighted by Gasteiger charge is -2.16. The van der Waals surface area contributed by atoms with E-state index in [9.17, 15) is 9.59 Å². The van der Waals surface area contributed by atoms with Crippen molar-refractivity contribution < 1.29 is 24.0 Å². The number of ether oxygens (including phenoxy) is 1. The first-order chi connectivity index (χ1) is 13.5. The monoisotopic (exact) mass is 383 g/mol. The number of nitrogens with zero attached hydrogens (tertiary/aromatic N) is 5. The van der Waals surface area contributed by atoms with Crippen molar-refractivity contribution in [1.29, 1.82) is 0 Å². The van der Waals surface area contributed by atoms with Crippen LogP contribution in [0, 0.1) is 6.92 Å². The highest BCUT2D eigenvalue weighted by atomic mass is 16.5. The Kier molecular flexibility index (Phi) is 4.40. The maximum Gasteiger partial charge on any atom is 0.339 e. The number of hydrogen-bond acceptors (Lipinski definition) is 8. The summed E-state index contributed by atoms with van der Waals surface area (Å²) in [6.07, 6.45) is 1.56. The van der Waals surface area contributed by atoms with E-state index in [1.54, 1.807) is 37.0 Å². The molecule has 0 spiro atoms. The molecule has 10 heteroatoms. The Morgan fingerprint density at radius 1 is 1.39 bits per heavy atom. The number of amides is 1. The van der Waals surface area contributed by atoms with Crippen molar-refractivity contribution in [1.82, 2.24) is 24.6 Å². The second-order valence-corrected chi connectivity index (χ2v) is 6.27. The average Bonchev–Trinajstić information content (AvgIpc) is 3.28. The van der Waals surface area contributed by atoms with Gasteiger partial charge in [-0.3, -0.25) is 9.36 Å². The third kappa shape index (κ3) is 2.83. The molecule has 1 aliphatic heterocycles. The van der Waals surface area contributed by atoms with Crippen LogP contribution in [0.2, 0.25) is 0 Å².